The number of halogens is 3. The Bertz CT molecular complexity index is 610. The number of nitrogens with one attached hydrogen (secondary N) is 2. The number of guanidine groups is 1. The summed E-state index contributed by atoms with van der Waals surface area (Å²) in [6, 6.07) is 5.26. The van der Waals surface area contributed by atoms with Gasteiger partial charge in [-0.15, -0.1) is 24.0 Å². The predicted molar refractivity (Wildman–Crippen MR) is 110 cm³/mol. The van der Waals surface area contributed by atoms with Crippen LogP contribution in [0.1, 0.15) is 18.4 Å². The number of benzene rings is 1. The van der Waals surface area contributed by atoms with Crippen molar-refractivity contribution in [3.05, 3.63) is 34.1 Å². The van der Waals surface area contributed by atoms with Crippen molar-refractivity contribution >= 4 is 52.0 Å². The largest absolute Gasteiger partial charge is 0.453 e. The van der Waals surface area contributed by atoms with Crippen LogP contribution in [0, 0.1) is 5.82 Å². The van der Waals surface area contributed by atoms with Gasteiger partial charge in [0.25, 0.3) is 0 Å². The smallest absolute Gasteiger partial charge is 0.409 e. The molecule has 1 aliphatic rings. The summed E-state index contributed by atoms with van der Waals surface area (Å²) < 4.78 is 18.7. The molecule has 6 nitrogen and oxygen atoms in total. The highest BCUT2D eigenvalue weighted by atomic mass is 127. The van der Waals surface area contributed by atoms with Gasteiger partial charge in [0, 0.05) is 32.7 Å². The summed E-state index contributed by atoms with van der Waals surface area (Å²) in [5.41, 5.74) is 0.833. The average Bonchev–Trinajstić information content (AvgIpc) is 2.61. The van der Waals surface area contributed by atoms with E-state index < -0.39 is 0 Å². The van der Waals surface area contributed by atoms with E-state index in [9.17, 15) is 9.18 Å². The van der Waals surface area contributed by atoms with E-state index in [1.807, 2.05) is 6.07 Å². The van der Waals surface area contributed by atoms with Gasteiger partial charge in [-0.25, -0.2) is 9.18 Å². The van der Waals surface area contributed by atoms with Crippen LogP contribution in [0.15, 0.2) is 27.7 Å². The van der Waals surface area contributed by atoms with Crippen molar-refractivity contribution in [2.45, 2.75) is 25.4 Å². The number of rotatable bonds is 3. The lowest BCUT2D eigenvalue weighted by Crippen LogP contribution is -2.49. The van der Waals surface area contributed by atoms with Gasteiger partial charge in [0.15, 0.2) is 5.96 Å². The maximum atomic E-state index is 13.5. The van der Waals surface area contributed by atoms with Gasteiger partial charge in [0.1, 0.15) is 5.82 Å². The van der Waals surface area contributed by atoms with Crippen LogP contribution in [-0.2, 0) is 11.3 Å². The molecule has 0 aromatic heterocycles. The van der Waals surface area contributed by atoms with Gasteiger partial charge >= 0.3 is 6.09 Å². The lowest BCUT2D eigenvalue weighted by atomic mass is 10.1. The van der Waals surface area contributed by atoms with E-state index in [-0.39, 0.29) is 41.9 Å². The fourth-order valence-corrected chi connectivity index (χ4v) is 2.81. The third-order valence-electron chi connectivity index (χ3n) is 3.94. The Morgan fingerprint density at radius 2 is 2.12 bits per heavy atom. The molecule has 2 rings (SSSR count). The lowest BCUT2D eigenvalue weighted by Gasteiger charge is -2.32. The first-order valence-corrected chi connectivity index (χ1v) is 8.56. The molecule has 1 heterocycles. The third kappa shape index (κ3) is 6.61. The van der Waals surface area contributed by atoms with Crippen LogP contribution in [0.25, 0.3) is 0 Å². The zero-order valence-electron chi connectivity index (χ0n) is 14.2. The molecule has 1 fully saturated rings. The number of hydrogen-bond acceptors (Lipinski definition) is 3. The first kappa shape index (κ1) is 21.9. The van der Waals surface area contributed by atoms with Crippen LogP contribution < -0.4 is 10.6 Å². The summed E-state index contributed by atoms with van der Waals surface area (Å²) in [7, 11) is 3.09. The molecule has 0 radical (unpaired) electrons. The lowest BCUT2D eigenvalue weighted by molar-refractivity contribution is 0.111. The van der Waals surface area contributed by atoms with Crippen molar-refractivity contribution < 1.29 is 13.9 Å². The van der Waals surface area contributed by atoms with E-state index in [1.165, 1.54) is 13.2 Å². The molecule has 25 heavy (non-hydrogen) atoms. The number of piperidine rings is 1. The molecule has 0 aliphatic carbocycles. The molecule has 1 aliphatic heterocycles. The highest BCUT2D eigenvalue weighted by molar-refractivity contribution is 14.0. The standard InChI is InChI=1S/C16H22BrFN4O2.HI/c1-19-15(20-10-11-3-4-13(17)14(18)9-11)21-12-5-7-22(8-6-12)16(23)24-2;/h3-4,9,12H,5-8,10H2,1-2H3,(H2,19,20,21);1H. The molecule has 2 N–H and O–H groups in total. The van der Waals surface area contributed by atoms with E-state index >= 15 is 0 Å². The Labute approximate surface area is 172 Å². The number of likely N-dealkylation sites (tertiary alicyclic amines) is 1. The molecule has 0 unspecified atom stereocenters. The molecule has 1 amide bonds. The number of aliphatic imine (C=N–C) groups is 1. The second-order valence-electron chi connectivity index (χ2n) is 5.55. The average molecular weight is 529 g/mol. The number of methoxy groups -OCH3 is 1. The monoisotopic (exact) mass is 528 g/mol. The van der Waals surface area contributed by atoms with E-state index in [1.54, 1.807) is 18.0 Å². The quantitative estimate of drug-likeness (QED) is 0.359. The zero-order chi connectivity index (χ0) is 17.5. The fraction of sp³-hybridized carbons (Fsp3) is 0.500. The van der Waals surface area contributed by atoms with Gasteiger partial charge in [-0.3, -0.25) is 4.99 Å². The third-order valence-corrected chi connectivity index (χ3v) is 4.58. The number of amides is 1. The maximum absolute atomic E-state index is 13.5. The minimum Gasteiger partial charge on any atom is -0.453 e. The van der Waals surface area contributed by atoms with Crippen molar-refractivity contribution in [1.29, 1.82) is 0 Å². The van der Waals surface area contributed by atoms with E-state index in [0.29, 0.717) is 30.1 Å². The van der Waals surface area contributed by atoms with Gasteiger partial charge in [-0.1, -0.05) is 6.07 Å². The summed E-state index contributed by atoms with van der Waals surface area (Å²) in [6.07, 6.45) is 1.36. The summed E-state index contributed by atoms with van der Waals surface area (Å²) in [5.74, 6) is 0.377. The Kier molecular flexibility index (Phi) is 9.47. The van der Waals surface area contributed by atoms with E-state index in [4.69, 9.17) is 4.74 Å². The van der Waals surface area contributed by atoms with Crippen LogP contribution >= 0.6 is 39.9 Å². The Balaban J connectivity index is 0.00000312. The summed E-state index contributed by atoms with van der Waals surface area (Å²) in [6.45, 7) is 1.78. The summed E-state index contributed by atoms with van der Waals surface area (Å²) in [4.78, 5) is 17.4. The first-order valence-electron chi connectivity index (χ1n) is 7.77. The molecular weight excluding hydrogens is 506 g/mol. The number of nitrogens with zero attached hydrogens (tertiary/aromatic N) is 2. The minimum atomic E-state index is -0.285. The van der Waals surface area contributed by atoms with Crippen LogP contribution in [0.3, 0.4) is 0 Å². The molecule has 9 heteroatoms. The molecule has 1 aromatic carbocycles. The zero-order valence-corrected chi connectivity index (χ0v) is 18.1. The van der Waals surface area contributed by atoms with Crippen molar-refractivity contribution in [1.82, 2.24) is 15.5 Å². The SMILES string of the molecule is CN=C(NCc1ccc(Br)c(F)c1)NC1CCN(C(=O)OC)CC1.I. The Morgan fingerprint density at radius 1 is 1.44 bits per heavy atom. The fourth-order valence-electron chi connectivity index (χ4n) is 2.56. The predicted octanol–water partition coefficient (Wildman–Crippen LogP) is 3.10. The van der Waals surface area contributed by atoms with Crippen molar-refractivity contribution in [2.24, 2.45) is 4.99 Å². The van der Waals surface area contributed by atoms with Crippen molar-refractivity contribution in [3.63, 3.8) is 0 Å². The number of carbonyl (C=O) groups is 1. The molecular formula is C16H23BrFIN4O2. The van der Waals surface area contributed by atoms with Gasteiger partial charge < -0.3 is 20.3 Å². The number of carbonyl (C=O) groups excluding carboxylic acids is 1. The van der Waals surface area contributed by atoms with Crippen LogP contribution in [0.4, 0.5) is 9.18 Å². The Hall–Kier alpha value is -1.10. The summed E-state index contributed by atoms with van der Waals surface area (Å²) in [5, 5.41) is 6.51. The molecule has 0 saturated carbocycles. The molecule has 0 atom stereocenters. The highest BCUT2D eigenvalue weighted by Crippen LogP contribution is 2.16. The number of ether oxygens (including phenoxy) is 1. The Morgan fingerprint density at radius 3 is 2.68 bits per heavy atom. The normalized spacial score (nSPS) is 15.4. The first-order chi connectivity index (χ1) is 11.5. The second kappa shape index (κ2) is 10.8. The molecule has 1 saturated heterocycles. The second-order valence-corrected chi connectivity index (χ2v) is 6.40. The highest BCUT2D eigenvalue weighted by Gasteiger charge is 2.23. The number of hydrogen-bond donors (Lipinski definition) is 2. The van der Waals surface area contributed by atoms with Gasteiger partial charge in [0.2, 0.25) is 0 Å². The van der Waals surface area contributed by atoms with Crippen LogP contribution in [0.2, 0.25) is 0 Å². The van der Waals surface area contributed by atoms with E-state index in [2.05, 4.69) is 31.6 Å². The molecule has 140 valence electrons. The maximum Gasteiger partial charge on any atom is 0.409 e. The summed E-state index contributed by atoms with van der Waals surface area (Å²) >= 11 is 3.14. The van der Waals surface area contributed by atoms with Crippen molar-refractivity contribution in [2.75, 3.05) is 27.2 Å². The minimum absolute atomic E-state index is 0. The topological polar surface area (TPSA) is 66.0 Å². The molecule has 1 aromatic rings. The molecule has 0 bridgehead atoms. The van der Waals surface area contributed by atoms with Gasteiger partial charge in [0.05, 0.1) is 11.6 Å². The van der Waals surface area contributed by atoms with Gasteiger partial charge in [-0.2, -0.15) is 0 Å². The van der Waals surface area contributed by atoms with Crippen LogP contribution in [-0.4, -0.2) is 50.2 Å². The van der Waals surface area contributed by atoms with E-state index in [0.717, 1.165) is 18.4 Å². The van der Waals surface area contributed by atoms with Crippen LogP contribution in [0.5, 0.6) is 0 Å². The molecule has 0 spiro atoms. The van der Waals surface area contributed by atoms with Gasteiger partial charge in [-0.05, 0) is 46.5 Å². The van der Waals surface area contributed by atoms with Crippen molar-refractivity contribution in [3.8, 4) is 0 Å².